The highest BCUT2D eigenvalue weighted by atomic mass is 16.5. The maximum absolute atomic E-state index is 13.5. The highest BCUT2D eigenvalue weighted by Gasteiger charge is 2.49. The Morgan fingerprint density at radius 2 is 1.83 bits per heavy atom. The summed E-state index contributed by atoms with van der Waals surface area (Å²) >= 11 is 0. The molecule has 0 aromatic carbocycles. The first kappa shape index (κ1) is 18.7. The lowest BCUT2D eigenvalue weighted by Crippen LogP contribution is -2.47. The summed E-state index contributed by atoms with van der Waals surface area (Å²) in [5, 5.41) is 0. The molecule has 3 atom stereocenters. The van der Waals surface area contributed by atoms with E-state index in [2.05, 4.69) is 19.9 Å². The van der Waals surface area contributed by atoms with Crippen molar-refractivity contribution in [3.8, 4) is 17.3 Å². The number of ether oxygens (including phenoxy) is 1. The number of nitrogens with zero attached hydrogens (tertiary/aromatic N) is 5. The van der Waals surface area contributed by atoms with Crippen LogP contribution in [0.4, 0.5) is 0 Å². The van der Waals surface area contributed by atoms with E-state index in [1.165, 1.54) is 0 Å². The molecule has 1 saturated carbocycles. The molecule has 0 N–H and O–H groups in total. The molecule has 0 radical (unpaired) electrons. The van der Waals surface area contributed by atoms with Gasteiger partial charge in [0.05, 0.1) is 11.6 Å². The molecule has 1 saturated heterocycles. The minimum absolute atomic E-state index is 0.0262. The number of likely N-dealkylation sites (tertiary alicyclic amines) is 1. The lowest BCUT2D eigenvalue weighted by molar-refractivity contribution is 0.0462. The average Bonchev–Trinajstić information content (AvgIpc) is 3.36. The fourth-order valence-electron chi connectivity index (χ4n) is 4.49. The number of piperidine rings is 1. The molecule has 1 aliphatic heterocycles. The molecule has 3 aromatic rings. The summed E-state index contributed by atoms with van der Waals surface area (Å²) in [4.78, 5) is 32.9. The fraction of sp³-hybridized carbons (Fsp3) is 0.348. The molecule has 4 heterocycles. The zero-order valence-corrected chi connectivity index (χ0v) is 17.0. The fourth-order valence-corrected chi connectivity index (χ4v) is 4.49. The van der Waals surface area contributed by atoms with Crippen molar-refractivity contribution in [3.63, 3.8) is 0 Å². The van der Waals surface area contributed by atoms with Crippen LogP contribution in [0.3, 0.4) is 0 Å². The summed E-state index contributed by atoms with van der Waals surface area (Å²) in [6.45, 7) is 4.68. The Hall–Kier alpha value is -3.35. The van der Waals surface area contributed by atoms with Crippen molar-refractivity contribution in [2.45, 2.75) is 38.8 Å². The van der Waals surface area contributed by atoms with Gasteiger partial charge >= 0.3 is 0 Å². The van der Waals surface area contributed by atoms with Gasteiger partial charge in [-0.1, -0.05) is 6.07 Å². The number of aryl methyl sites for hydroxylation is 2. The van der Waals surface area contributed by atoms with Crippen molar-refractivity contribution in [2.75, 3.05) is 6.54 Å². The van der Waals surface area contributed by atoms with Crippen molar-refractivity contribution in [2.24, 2.45) is 5.92 Å². The highest BCUT2D eigenvalue weighted by Crippen LogP contribution is 2.40. The first-order valence-corrected chi connectivity index (χ1v) is 10.2. The van der Waals surface area contributed by atoms with Crippen LogP contribution in [-0.4, -0.2) is 49.4 Å². The second-order valence-electron chi connectivity index (χ2n) is 8.17. The van der Waals surface area contributed by atoms with Gasteiger partial charge in [0.25, 0.3) is 5.91 Å². The van der Waals surface area contributed by atoms with E-state index < -0.39 is 0 Å². The largest absolute Gasteiger partial charge is 0.472 e. The summed E-state index contributed by atoms with van der Waals surface area (Å²) in [5.74, 6) is 1.47. The van der Waals surface area contributed by atoms with Crippen molar-refractivity contribution in [1.29, 1.82) is 0 Å². The van der Waals surface area contributed by atoms with Gasteiger partial charge in [-0.15, -0.1) is 0 Å². The van der Waals surface area contributed by atoms with Crippen LogP contribution in [0.2, 0.25) is 0 Å². The monoisotopic (exact) mass is 401 g/mol. The van der Waals surface area contributed by atoms with Gasteiger partial charge in [0, 0.05) is 37.4 Å². The minimum Gasteiger partial charge on any atom is -0.472 e. The summed E-state index contributed by atoms with van der Waals surface area (Å²) < 4.78 is 6.16. The number of carbonyl (C=O) groups excluding carboxylic acids is 1. The molecule has 1 amide bonds. The standard InChI is InChI=1S/C23H23N5O2/c1-14-4-5-20(26-11-14)30-19-10-16-9-18(19)28(13-16)23(29)21-17(8-15(2)12-27-21)22-24-6-3-7-25-22/h3-8,11-12,16,18-19H,9-10,13H2,1-2H3. The number of carbonyl (C=O) groups is 1. The molecule has 2 aliphatic rings. The third-order valence-electron chi connectivity index (χ3n) is 5.88. The van der Waals surface area contributed by atoms with Crippen LogP contribution in [-0.2, 0) is 0 Å². The van der Waals surface area contributed by atoms with E-state index >= 15 is 0 Å². The molecule has 7 nitrogen and oxygen atoms in total. The third-order valence-corrected chi connectivity index (χ3v) is 5.88. The Labute approximate surface area is 175 Å². The van der Waals surface area contributed by atoms with Crippen LogP contribution in [0, 0.1) is 19.8 Å². The molecule has 152 valence electrons. The van der Waals surface area contributed by atoms with Gasteiger partial charge in [0.1, 0.15) is 11.8 Å². The van der Waals surface area contributed by atoms with Gasteiger partial charge in [-0.2, -0.15) is 0 Å². The van der Waals surface area contributed by atoms with Crippen LogP contribution in [0.1, 0.15) is 34.5 Å². The van der Waals surface area contributed by atoms with Crippen molar-refractivity contribution in [3.05, 3.63) is 65.9 Å². The number of hydrogen-bond donors (Lipinski definition) is 0. The SMILES string of the molecule is Cc1ccc(OC2CC3CC2N(C(=O)c2ncc(C)cc2-c2ncccn2)C3)nc1. The number of hydrogen-bond acceptors (Lipinski definition) is 6. The first-order valence-electron chi connectivity index (χ1n) is 10.2. The molecule has 2 bridgehead atoms. The second-order valence-corrected chi connectivity index (χ2v) is 8.17. The number of pyridine rings is 2. The van der Waals surface area contributed by atoms with Crippen molar-refractivity contribution < 1.29 is 9.53 Å². The van der Waals surface area contributed by atoms with Gasteiger partial charge in [-0.05, 0) is 55.9 Å². The summed E-state index contributed by atoms with van der Waals surface area (Å²) in [7, 11) is 0. The summed E-state index contributed by atoms with van der Waals surface area (Å²) in [5.41, 5.74) is 3.12. The van der Waals surface area contributed by atoms with E-state index in [4.69, 9.17) is 4.74 Å². The number of aromatic nitrogens is 4. The topological polar surface area (TPSA) is 81.1 Å². The Morgan fingerprint density at radius 3 is 2.57 bits per heavy atom. The normalized spacial score (nSPS) is 22.3. The number of rotatable bonds is 4. The van der Waals surface area contributed by atoms with Gasteiger partial charge in [-0.25, -0.2) is 15.0 Å². The Balaban J connectivity index is 1.41. The van der Waals surface area contributed by atoms with Crippen molar-refractivity contribution >= 4 is 5.91 Å². The Morgan fingerprint density at radius 1 is 1.03 bits per heavy atom. The summed E-state index contributed by atoms with van der Waals surface area (Å²) in [6.07, 6.45) is 8.71. The average molecular weight is 401 g/mol. The second kappa shape index (κ2) is 7.48. The molecule has 30 heavy (non-hydrogen) atoms. The third kappa shape index (κ3) is 3.40. The molecule has 7 heteroatoms. The molecule has 2 fully saturated rings. The molecule has 0 spiro atoms. The van der Waals surface area contributed by atoms with Crippen LogP contribution < -0.4 is 4.74 Å². The zero-order valence-electron chi connectivity index (χ0n) is 17.0. The van der Waals surface area contributed by atoms with Gasteiger partial charge in [-0.3, -0.25) is 9.78 Å². The van der Waals surface area contributed by atoms with E-state index in [1.807, 2.05) is 36.9 Å². The van der Waals surface area contributed by atoms with Gasteiger partial charge in [0.2, 0.25) is 5.88 Å². The Kier molecular flexibility index (Phi) is 4.65. The maximum Gasteiger partial charge on any atom is 0.273 e. The molecule has 3 aromatic heterocycles. The predicted octanol–water partition coefficient (Wildman–Crippen LogP) is 3.23. The lowest BCUT2D eigenvalue weighted by Gasteiger charge is -2.33. The van der Waals surface area contributed by atoms with E-state index in [9.17, 15) is 4.79 Å². The zero-order chi connectivity index (χ0) is 20.7. The molecule has 1 aliphatic carbocycles. The van der Waals surface area contributed by atoms with Crippen molar-refractivity contribution in [1.82, 2.24) is 24.8 Å². The maximum atomic E-state index is 13.5. The molecular formula is C23H23N5O2. The molecule has 3 unspecified atom stereocenters. The van der Waals surface area contributed by atoms with E-state index in [-0.39, 0.29) is 18.1 Å². The molecule has 5 rings (SSSR count). The van der Waals surface area contributed by atoms with Gasteiger partial charge in [0.15, 0.2) is 5.82 Å². The minimum atomic E-state index is -0.0879. The number of amides is 1. The van der Waals surface area contributed by atoms with Crippen LogP contribution >= 0.6 is 0 Å². The highest BCUT2D eigenvalue weighted by molar-refractivity contribution is 5.98. The van der Waals surface area contributed by atoms with Crippen LogP contribution in [0.5, 0.6) is 5.88 Å². The first-order chi connectivity index (χ1) is 14.6. The smallest absolute Gasteiger partial charge is 0.273 e. The quantitative estimate of drug-likeness (QED) is 0.668. The van der Waals surface area contributed by atoms with Gasteiger partial charge < -0.3 is 9.64 Å². The van der Waals surface area contributed by atoms with E-state index in [0.717, 1.165) is 30.5 Å². The summed E-state index contributed by atoms with van der Waals surface area (Å²) in [6, 6.07) is 7.59. The van der Waals surface area contributed by atoms with E-state index in [1.54, 1.807) is 30.9 Å². The predicted molar refractivity (Wildman–Crippen MR) is 111 cm³/mol. The van der Waals surface area contributed by atoms with E-state index in [0.29, 0.717) is 28.9 Å². The molecular weight excluding hydrogens is 378 g/mol. The number of fused-ring (bicyclic) bond motifs is 2. The van der Waals surface area contributed by atoms with Crippen LogP contribution in [0.25, 0.3) is 11.4 Å². The Bertz CT molecular complexity index is 1070. The van der Waals surface area contributed by atoms with Crippen LogP contribution in [0.15, 0.2) is 49.1 Å². The lowest BCUT2D eigenvalue weighted by atomic mass is 10.1.